The van der Waals surface area contributed by atoms with Crippen LogP contribution in [0.5, 0.6) is 11.5 Å². The number of nitrogens with one attached hydrogen (secondary N) is 1. The van der Waals surface area contributed by atoms with Crippen molar-refractivity contribution in [3.05, 3.63) is 65.4 Å². The molecule has 1 fully saturated rings. The number of aryl methyl sites for hydroxylation is 1. The van der Waals surface area contributed by atoms with E-state index in [2.05, 4.69) is 27.3 Å². The first-order valence-electron chi connectivity index (χ1n) is 13.1. The Kier molecular flexibility index (Phi) is 9.15. The number of aromatic nitrogens is 1. The van der Waals surface area contributed by atoms with E-state index in [1.54, 1.807) is 0 Å². The minimum absolute atomic E-state index is 0.106. The fraction of sp³-hybridized carbons (Fsp3) is 0.483. The van der Waals surface area contributed by atoms with E-state index in [-0.39, 0.29) is 18.6 Å². The molecule has 1 saturated heterocycles. The maximum absolute atomic E-state index is 11.1. The highest BCUT2D eigenvalue weighted by Crippen LogP contribution is 2.31. The topological polar surface area (TPSA) is 87.1 Å². The third-order valence-electron chi connectivity index (χ3n) is 6.91. The number of likely N-dealkylation sites (tertiary alicyclic amines) is 1. The predicted molar refractivity (Wildman–Crippen MR) is 142 cm³/mol. The predicted octanol–water partition coefficient (Wildman–Crippen LogP) is 3.85. The van der Waals surface area contributed by atoms with Gasteiger partial charge in [-0.3, -0.25) is 9.88 Å². The minimum atomic E-state index is -0.603. The van der Waals surface area contributed by atoms with E-state index in [1.165, 1.54) is 0 Å². The minimum Gasteiger partial charge on any atom is -0.486 e. The first kappa shape index (κ1) is 26.4. The Hall–Kier alpha value is -2.71. The van der Waals surface area contributed by atoms with Crippen molar-refractivity contribution < 1.29 is 19.7 Å². The van der Waals surface area contributed by atoms with Crippen LogP contribution >= 0.6 is 0 Å². The van der Waals surface area contributed by atoms with Crippen molar-refractivity contribution in [1.29, 1.82) is 0 Å². The molecule has 0 bridgehead atoms. The third-order valence-corrected chi connectivity index (χ3v) is 6.91. The fourth-order valence-electron chi connectivity index (χ4n) is 5.08. The molecular formula is C29H39N3O4. The summed E-state index contributed by atoms with van der Waals surface area (Å²) in [6.07, 6.45) is 2.17. The molecule has 0 amide bonds. The smallest absolute Gasteiger partial charge is 0.161 e. The lowest BCUT2D eigenvalue weighted by Gasteiger charge is -2.39. The number of fused-ring (bicyclic) bond motifs is 2. The van der Waals surface area contributed by atoms with Gasteiger partial charge in [0.05, 0.1) is 11.6 Å². The van der Waals surface area contributed by atoms with Crippen molar-refractivity contribution in [2.75, 3.05) is 39.5 Å². The second kappa shape index (κ2) is 12.5. The monoisotopic (exact) mass is 493 g/mol. The molecule has 3 atom stereocenters. The summed E-state index contributed by atoms with van der Waals surface area (Å²) in [6.45, 7) is 10.2. The Morgan fingerprint density at radius 3 is 2.72 bits per heavy atom. The Morgan fingerprint density at radius 2 is 1.92 bits per heavy atom. The highest BCUT2D eigenvalue weighted by atomic mass is 16.6. The summed E-state index contributed by atoms with van der Waals surface area (Å²) < 4.78 is 11.3. The molecule has 0 radical (unpaired) electrons. The lowest BCUT2D eigenvalue weighted by molar-refractivity contribution is 0.0510. The normalized spacial score (nSPS) is 20.5. The van der Waals surface area contributed by atoms with Gasteiger partial charge < -0.3 is 25.0 Å². The van der Waals surface area contributed by atoms with Gasteiger partial charge in [0.25, 0.3) is 0 Å². The highest BCUT2D eigenvalue weighted by molar-refractivity contribution is 5.83. The van der Waals surface area contributed by atoms with E-state index in [1.807, 2.05) is 57.3 Å². The number of β-amino-alcohol motifs (C(OH)–C–C–N with tert-alkyl or cyclic N) is 1. The van der Waals surface area contributed by atoms with E-state index in [9.17, 15) is 10.2 Å². The van der Waals surface area contributed by atoms with E-state index in [4.69, 9.17) is 9.47 Å². The van der Waals surface area contributed by atoms with Gasteiger partial charge >= 0.3 is 0 Å². The SMILES string of the molecule is CC.Cc1cnc2cccc(C(O)CN3CCC(NCc4ccc5c(c4)OCCO5)C(CO)C3)c2c1. The number of aliphatic hydroxyl groups is 2. The van der Waals surface area contributed by atoms with E-state index < -0.39 is 6.10 Å². The Balaban J connectivity index is 0.00000148. The third kappa shape index (κ3) is 6.16. The quantitative estimate of drug-likeness (QED) is 0.461. The molecule has 3 N–H and O–H groups in total. The largest absolute Gasteiger partial charge is 0.486 e. The van der Waals surface area contributed by atoms with Crippen molar-refractivity contribution in [1.82, 2.24) is 15.2 Å². The van der Waals surface area contributed by atoms with Gasteiger partial charge in [-0.05, 0) is 60.8 Å². The van der Waals surface area contributed by atoms with Crippen LogP contribution in [-0.4, -0.2) is 65.6 Å². The van der Waals surface area contributed by atoms with Gasteiger partial charge in [0, 0.05) is 49.8 Å². The van der Waals surface area contributed by atoms with Crippen LogP contribution in [0.25, 0.3) is 10.9 Å². The zero-order valence-corrected chi connectivity index (χ0v) is 21.6. The first-order valence-corrected chi connectivity index (χ1v) is 13.1. The molecule has 2 aromatic carbocycles. The van der Waals surface area contributed by atoms with Gasteiger partial charge in [-0.25, -0.2) is 0 Å². The van der Waals surface area contributed by atoms with Gasteiger partial charge in [-0.2, -0.15) is 0 Å². The summed E-state index contributed by atoms with van der Waals surface area (Å²) in [5.74, 6) is 1.70. The summed E-state index contributed by atoms with van der Waals surface area (Å²) in [7, 11) is 0. The number of hydrogen-bond acceptors (Lipinski definition) is 7. The number of aliphatic hydroxyl groups excluding tert-OH is 2. The van der Waals surface area contributed by atoms with Crippen LogP contribution in [-0.2, 0) is 6.54 Å². The van der Waals surface area contributed by atoms with Crippen LogP contribution in [0.4, 0.5) is 0 Å². The standard InChI is InChI=1S/C27H33N3O4.C2H6/c1-18-11-22-21(3-2-4-24(22)28-13-18)25(32)16-30-8-7-23(20(15-30)17-31)29-14-19-5-6-26-27(12-19)34-10-9-33-26;1-2/h2-6,11-13,20,23,25,29,31-32H,7-10,14-17H2,1H3;1-2H3. The van der Waals surface area contributed by atoms with Gasteiger partial charge in [0.2, 0.25) is 0 Å². The zero-order chi connectivity index (χ0) is 25.5. The van der Waals surface area contributed by atoms with Gasteiger partial charge in [0.1, 0.15) is 13.2 Å². The van der Waals surface area contributed by atoms with E-state index in [0.29, 0.717) is 26.3 Å². The van der Waals surface area contributed by atoms with Gasteiger partial charge in [0.15, 0.2) is 11.5 Å². The molecule has 7 heteroatoms. The summed E-state index contributed by atoms with van der Waals surface area (Å²) >= 11 is 0. The lowest BCUT2D eigenvalue weighted by Crippen LogP contribution is -2.51. The number of hydrogen-bond donors (Lipinski definition) is 3. The molecular weight excluding hydrogens is 454 g/mol. The second-order valence-corrected chi connectivity index (χ2v) is 9.40. The molecule has 0 aliphatic carbocycles. The maximum Gasteiger partial charge on any atom is 0.161 e. The number of piperidine rings is 1. The van der Waals surface area contributed by atoms with Gasteiger partial charge in [-0.1, -0.05) is 32.0 Å². The molecule has 0 spiro atoms. The van der Waals surface area contributed by atoms with Crippen LogP contribution in [0.15, 0.2) is 48.7 Å². The van der Waals surface area contributed by atoms with Crippen molar-refractivity contribution in [2.45, 2.75) is 45.9 Å². The molecule has 1 aromatic heterocycles. The molecule has 5 rings (SSSR count). The van der Waals surface area contributed by atoms with Crippen LogP contribution in [0, 0.1) is 12.8 Å². The Morgan fingerprint density at radius 1 is 1.11 bits per heavy atom. The molecule has 2 aliphatic rings. The molecule has 3 unspecified atom stereocenters. The zero-order valence-electron chi connectivity index (χ0n) is 21.6. The van der Waals surface area contributed by atoms with Crippen LogP contribution in [0.3, 0.4) is 0 Å². The summed E-state index contributed by atoms with van der Waals surface area (Å²) in [6, 6.07) is 14.3. The molecule has 36 heavy (non-hydrogen) atoms. The number of pyridine rings is 1. The maximum atomic E-state index is 11.1. The molecule has 7 nitrogen and oxygen atoms in total. The Labute approximate surface area is 214 Å². The number of benzene rings is 2. The second-order valence-electron chi connectivity index (χ2n) is 9.40. The van der Waals surface area contributed by atoms with Crippen molar-refractivity contribution in [3.8, 4) is 11.5 Å². The number of rotatable bonds is 7. The lowest BCUT2D eigenvalue weighted by atomic mass is 9.91. The molecule has 3 heterocycles. The van der Waals surface area contributed by atoms with Crippen LogP contribution < -0.4 is 14.8 Å². The molecule has 3 aromatic rings. The highest BCUT2D eigenvalue weighted by Gasteiger charge is 2.30. The molecule has 0 saturated carbocycles. The van der Waals surface area contributed by atoms with E-state index in [0.717, 1.165) is 58.6 Å². The van der Waals surface area contributed by atoms with Crippen LogP contribution in [0.1, 0.15) is 43.1 Å². The average Bonchev–Trinajstić information content (AvgIpc) is 2.92. The number of ether oxygens (including phenoxy) is 2. The van der Waals surface area contributed by atoms with Crippen LogP contribution in [0.2, 0.25) is 0 Å². The van der Waals surface area contributed by atoms with Crippen molar-refractivity contribution in [3.63, 3.8) is 0 Å². The van der Waals surface area contributed by atoms with Crippen molar-refractivity contribution >= 4 is 10.9 Å². The molecule has 194 valence electrons. The average molecular weight is 494 g/mol. The summed E-state index contributed by atoms with van der Waals surface area (Å²) in [5.41, 5.74) is 4.03. The first-order chi connectivity index (χ1) is 17.6. The van der Waals surface area contributed by atoms with Gasteiger partial charge in [-0.15, -0.1) is 0 Å². The molecule has 2 aliphatic heterocycles. The van der Waals surface area contributed by atoms with Crippen molar-refractivity contribution in [2.24, 2.45) is 5.92 Å². The summed E-state index contributed by atoms with van der Waals surface area (Å²) in [4.78, 5) is 6.75. The number of nitrogens with zero attached hydrogens (tertiary/aromatic N) is 2. The van der Waals surface area contributed by atoms with E-state index >= 15 is 0 Å². The fourth-order valence-corrected chi connectivity index (χ4v) is 5.08. The Bertz CT molecular complexity index is 1140. The summed E-state index contributed by atoms with van der Waals surface area (Å²) in [5, 5.41) is 25.8.